The van der Waals surface area contributed by atoms with E-state index in [9.17, 15) is 0 Å². The quantitative estimate of drug-likeness (QED) is 0.722. The van der Waals surface area contributed by atoms with Gasteiger partial charge in [0.05, 0.1) is 0 Å². The molecule has 0 amide bonds. The van der Waals surface area contributed by atoms with Crippen LogP contribution in [0.4, 0.5) is 0 Å². The number of aromatic nitrogens is 2. The fourth-order valence-corrected chi connectivity index (χ4v) is 3.59. The van der Waals surface area contributed by atoms with Crippen molar-refractivity contribution in [2.45, 2.75) is 76.2 Å². The van der Waals surface area contributed by atoms with Crippen molar-refractivity contribution >= 4 is 0 Å². The van der Waals surface area contributed by atoms with Crippen LogP contribution in [0.5, 0.6) is 0 Å². The Bertz CT molecular complexity index is 343. The van der Waals surface area contributed by atoms with Gasteiger partial charge in [0.25, 0.3) is 0 Å². The van der Waals surface area contributed by atoms with Crippen LogP contribution in [0.15, 0.2) is 18.3 Å². The van der Waals surface area contributed by atoms with Gasteiger partial charge < -0.3 is 0 Å². The molecule has 2 saturated carbocycles. The molecule has 0 aromatic carbocycles. The van der Waals surface area contributed by atoms with Gasteiger partial charge >= 0.3 is 0 Å². The summed E-state index contributed by atoms with van der Waals surface area (Å²) in [5.41, 5.74) is 1.35. The highest BCUT2D eigenvalue weighted by Crippen LogP contribution is 2.31. The lowest BCUT2D eigenvalue weighted by atomic mass is 9.87. The second-order valence-corrected chi connectivity index (χ2v) is 6.04. The van der Waals surface area contributed by atoms with Crippen LogP contribution in [0.3, 0.4) is 0 Å². The number of hydrogen-bond acceptors (Lipinski definition) is 1. The second kappa shape index (κ2) is 5.81. The molecule has 0 aliphatic heterocycles. The normalized spacial score (nSPS) is 23.1. The zero-order valence-corrected chi connectivity index (χ0v) is 11.4. The Balaban J connectivity index is 1.75. The maximum absolute atomic E-state index is 4.94. The van der Waals surface area contributed by atoms with Crippen LogP contribution in [0.2, 0.25) is 0 Å². The first-order valence-electron chi connectivity index (χ1n) is 7.82. The third-order valence-electron chi connectivity index (χ3n) is 4.71. The first-order valence-corrected chi connectivity index (χ1v) is 7.82. The third-order valence-corrected chi connectivity index (χ3v) is 4.71. The van der Waals surface area contributed by atoms with Crippen LogP contribution in [0, 0.1) is 0 Å². The van der Waals surface area contributed by atoms with Crippen LogP contribution in [0.1, 0.15) is 81.9 Å². The average Bonchev–Trinajstić information content (AvgIpc) is 2.49. The van der Waals surface area contributed by atoms with Crippen LogP contribution in [-0.4, -0.2) is 5.10 Å². The molecule has 0 atom stereocenters. The lowest BCUT2D eigenvalue weighted by Gasteiger charge is -2.21. The van der Waals surface area contributed by atoms with E-state index in [0.717, 1.165) is 5.92 Å². The predicted octanol–water partition coefficient (Wildman–Crippen LogP) is 3.92. The monoisotopic (exact) mass is 245 g/mol. The van der Waals surface area contributed by atoms with Crippen molar-refractivity contribution in [2.75, 3.05) is 0 Å². The van der Waals surface area contributed by atoms with Crippen molar-refractivity contribution in [3.63, 3.8) is 0 Å². The SMILES string of the molecule is c1cc(C2CCCCC2)n[n+](C2CCCCC2)c1. The molecule has 3 rings (SSSR count). The summed E-state index contributed by atoms with van der Waals surface area (Å²) in [6, 6.07) is 5.13. The Morgan fingerprint density at radius 2 is 1.56 bits per heavy atom. The summed E-state index contributed by atoms with van der Waals surface area (Å²) >= 11 is 0. The first-order chi connectivity index (χ1) is 8.93. The molecule has 1 aromatic heterocycles. The smallest absolute Gasteiger partial charge is 0.0884 e. The van der Waals surface area contributed by atoms with Crippen LogP contribution in [-0.2, 0) is 0 Å². The van der Waals surface area contributed by atoms with Gasteiger partial charge in [-0.1, -0.05) is 30.4 Å². The molecule has 0 spiro atoms. The Kier molecular flexibility index (Phi) is 3.92. The van der Waals surface area contributed by atoms with Gasteiger partial charge in [0.15, 0.2) is 12.2 Å². The van der Waals surface area contributed by atoms with Gasteiger partial charge in [-0.2, -0.15) is 0 Å². The maximum atomic E-state index is 4.94. The lowest BCUT2D eigenvalue weighted by Crippen LogP contribution is -2.44. The largest absolute Gasteiger partial charge is 0.196 e. The van der Waals surface area contributed by atoms with Gasteiger partial charge in [0.1, 0.15) is 5.69 Å². The topological polar surface area (TPSA) is 16.8 Å². The molecule has 98 valence electrons. The molecule has 2 nitrogen and oxygen atoms in total. The fourth-order valence-electron chi connectivity index (χ4n) is 3.59. The molecule has 2 heteroatoms. The zero-order valence-electron chi connectivity index (χ0n) is 11.4. The molecule has 18 heavy (non-hydrogen) atoms. The van der Waals surface area contributed by atoms with E-state index in [2.05, 4.69) is 23.0 Å². The van der Waals surface area contributed by atoms with Crippen molar-refractivity contribution in [3.8, 4) is 0 Å². The summed E-state index contributed by atoms with van der Waals surface area (Å²) in [5.74, 6) is 0.731. The number of hydrogen-bond donors (Lipinski definition) is 0. The van der Waals surface area contributed by atoms with Crippen molar-refractivity contribution in [2.24, 2.45) is 0 Å². The van der Waals surface area contributed by atoms with E-state index in [0.29, 0.717) is 6.04 Å². The summed E-state index contributed by atoms with van der Waals surface area (Å²) in [6.45, 7) is 0. The minimum Gasteiger partial charge on any atom is -0.0884 e. The predicted molar refractivity (Wildman–Crippen MR) is 72.4 cm³/mol. The van der Waals surface area contributed by atoms with Crippen LogP contribution in [0.25, 0.3) is 0 Å². The van der Waals surface area contributed by atoms with Gasteiger partial charge in [-0.05, 0) is 36.8 Å². The first kappa shape index (κ1) is 12.1. The molecule has 1 aromatic rings. The molecule has 0 N–H and O–H groups in total. The fraction of sp³-hybridized carbons (Fsp3) is 0.750. The van der Waals surface area contributed by atoms with E-state index in [4.69, 9.17) is 5.10 Å². The molecule has 2 fully saturated rings. The minimum absolute atomic E-state index is 0.669. The number of nitrogens with zero attached hydrogens (tertiary/aromatic N) is 2. The van der Waals surface area contributed by atoms with Crippen molar-refractivity contribution < 1.29 is 4.68 Å². The van der Waals surface area contributed by atoms with Crippen LogP contribution >= 0.6 is 0 Å². The molecule has 2 aliphatic rings. The summed E-state index contributed by atoms with van der Waals surface area (Å²) in [5, 5.41) is 4.94. The number of rotatable bonds is 2. The molecule has 0 radical (unpaired) electrons. The molecule has 0 unspecified atom stereocenters. The molecular formula is C16H25N2+. The molecule has 1 heterocycles. The van der Waals surface area contributed by atoms with E-state index in [1.807, 2.05) is 0 Å². The van der Waals surface area contributed by atoms with E-state index >= 15 is 0 Å². The summed E-state index contributed by atoms with van der Waals surface area (Å²) < 4.78 is 2.27. The highest BCUT2D eigenvalue weighted by Gasteiger charge is 2.25. The average molecular weight is 245 g/mol. The Morgan fingerprint density at radius 1 is 0.889 bits per heavy atom. The van der Waals surface area contributed by atoms with Gasteiger partial charge in [-0.15, -0.1) is 0 Å². The van der Waals surface area contributed by atoms with Gasteiger partial charge in [-0.25, -0.2) is 0 Å². The van der Waals surface area contributed by atoms with Gasteiger partial charge in [0.2, 0.25) is 0 Å². The van der Waals surface area contributed by atoms with E-state index < -0.39 is 0 Å². The van der Waals surface area contributed by atoms with E-state index in [-0.39, 0.29) is 0 Å². The summed E-state index contributed by atoms with van der Waals surface area (Å²) in [6.07, 6.45) is 15.9. The summed E-state index contributed by atoms with van der Waals surface area (Å²) in [7, 11) is 0. The maximum Gasteiger partial charge on any atom is 0.196 e. The summed E-state index contributed by atoms with van der Waals surface area (Å²) in [4.78, 5) is 0. The lowest BCUT2D eigenvalue weighted by molar-refractivity contribution is -0.780. The zero-order chi connectivity index (χ0) is 12.2. The molecule has 0 bridgehead atoms. The van der Waals surface area contributed by atoms with E-state index in [1.165, 1.54) is 69.9 Å². The van der Waals surface area contributed by atoms with Crippen LogP contribution < -0.4 is 4.68 Å². The molecule has 0 saturated heterocycles. The molecular weight excluding hydrogens is 220 g/mol. The second-order valence-electron chi connectivity index (χ2n) is 6.04. The Morgan fingerprint density at radius 3 is 2.28 bits per heavy atom. The third kappa shape index (κ3) is 2.73. The van der Waals surface area contributed by atoms with Crippen molar-refractivity contribution in [3.05, 3.63) is 24.0 Å². The Labute approximate surface area is 110 Å². The van der Waals surface area contributed by atoms with E-state index in [1.54, 1.807) is 0 Å². The van der Waals surface area contributed by atoms with Gasteiger partial charge in [-0.3, -0.25) is 0 Å². The standard InChI is InChI=1S/C16H25N2/c1-3-8-14(9-4-1)16-12-7-13-18(17-16)15-10-5-2-6-11-15/h7,12-15H,1-6,8-11H2/q+1. The highest BCUT2D eigenvalue weighted by molar-refractivity contribution is 5.05. The highest BCUT2D eigenvalue weighted by atomic mass is 15.3. The van der Waals surface area contributed by atoms with Gasteiger partial charge in [0, 0.05) is 24.8 Å². The minimum atomic E-state index is 0.669. The Hall–Kier alpha value is -0.920. The van der Waals surface area contributed by atoms with Crippen molar-refractivity contribution in [1.82, 2.24) is 5.10 Å². The van der Waals surface area contributed by atoms with Crippen molar-refractivity contribution in [1.29, 1.82) is 0 Å². The molecule has 2 aliphatic carbocycles.